The fourth-order valence-corrected chi connectivity index (χ4v) is 2.78. The van der Waals surface area contributed by atoms with Gasteiger partial charge in [0.05, 0.1) is 26.4 Å². The zero-order valence-electron chi connectivity index (χ0n) is 12.1. The van der Waals surface area contributed by atoms with Crippen molar-refractivity contribution in [2.75, 3.05) is 0 Å². The number of hydrogen-bond acceptors (Lipinski definition) is 8. The second-order valence-corrected chi connectivity index (χ2v) is 5.78. The summed E-state index contributed by atoms with van der Waals surface area (Å²) in [4.78, 5) is 43.2. The molecule has 126 valence electrons. The minimum atomic E-state index is -0.748. The highest BCUT2D eigenvalue weighted by Crippen LogP contribution is 2.35. The Hall–Kier alpha value is -3.47. The summed E-state index contributed by atoms with van der Waals surface area (Å²) in [7, 11) is 0. The van der Waals surface area contributed by atoms with Gasteiger partial charge in [-0.3, -0.25) is 35.1 Å². The standard InChI is InChI=1S/C14H7N3O7S/c18-13-12(25-14(19)15-13)6-8-2-4-11(24-8)9-3-1-7(16(20)21)5-10(9)17(22)23/h1-6H,(H,15,18,19)/b12-6-. The maximum absolute atomic E-state index is 11.5. The number of amides is 2. The Balaban J connectivity index is 1.99. The number of nitrogens with one attached hydrogen (secondary N) is 1. The smallest absolute Gasteiger partial charge is 0.290 e. The van der Waals surface area contributed by atoms with Crippen molar-refractivity contribution in [3.63, 3.8) is 0 Å². The molecule has 0 spiro atoms. The predicted molar refractivity (Wildman–Crippen MR) is 86.6 cm³/mol. The summed E-state index contributed by atoms with van der Waals surface area (Å²) in [5.74, 6) is -0.257. The van der Waals surface area contributed by atoms with Gasteiger partial charge in [0.25, 0.3) is 22.5 Å². The Kier molecular flexibility index (Phi) is 4.07. The van der Waals surface area contributed by atoms with Crippen LogP contribution >= 0.6 is 11.8 Å². The van der Waals surface area contributed by atoms with E-state index in [1.165, 1.54) is 24.3 Å². The zero-order valence-corrected chi connectivity index (χ0v) is 12.9. The van der Waals surface area contributed by atoms with Gasteiger partial charge in [0.2, 0.25) is 0 Å². The van der Waals surface area contributed by atoms with Gasteiger partial charge < -0.3 is 4.42 Å². The van der Waals surface area contributed by atoms with Gasteiger partial charge in [-0.15, -0.1) is 0 Å². The molecule has 25 heavy (non-hydrogen) atoms. The van der Waals surface area contributed by atoms with Gasteiger partial charge >= 0.3 is 0 Å². The van der Waals surface area contributed by atoms with Crippen LogP contribution in [0.1, 0.15) is 5.76 Å². The monoisotopic (exact) mass is 361 g/mol. The number of carbonyl (C=O) groups excluding carboxylic acids is 2. The first-order valence-corrected chi connectivity index (χ1v) is 7.44. The van der Waals surface area contributed by atoms with E-state index >= 15 is 0 Å². The Labute approximate surface area is 142 Å². The number of nitrogens with zero attached hydrogens (tertiary/aromatic N) is 2. The second-order valence-electron chi connectivity index (χ2n) is 4.77. The number of thioether (sulfide) groups is 1. The van der Waals surface area contributed by atoms with E-state index in [2.05, 4.69) is 5.32 Å². The van der Waals surface area contributed by atoms with Crippen molar-refractivity contribution < 1.29 is 23.9 Å². The molecule has 1 aromatic heterocycles. The summed E-state index contributed by atoms with van der Waals surface area (Å²) in [6.07, 6.45) is 1.33. The van der Waals surface area contributed by atoms with Crippen molar-refractivity contribution in [3.05, 3.63) is 61.2 Å². The van der Waals surface area contributed by atoms with Crippen LogP contribution in [0.4, 0.5) is 16.2 Å². The van der Waals surface area contributed by atoms with Crippen LogP contribution in [-0.2, 0) is 4.79 Å². The van der Waals surface area contributed by atoms with Crippen LogP contribution in [0, 0.1) is 20.2 Å². The van der Waals surface area contributed by atoms with Gasteiger partial charge in [-0.2, -0.15) is 0 Å². The first-order valence-electron chi connectivity index (χ1n) is 6.63. The fraction of sp³-hybridized carbons (Fsp3) is 0. The summed E-state index contributed by atoms with van der Waals surface area (Å²) in [5.41, 5.74) is -0.840. The summed E-state index contributed by atoms with van der Waals surface area (Å²) in [6.45, 7) is 0. The van der Waals surface area contributed by atoms with E-state index in [-0.39, 0.29) is 22.0 Å². The summed E-state index contributed by atoms with van der Waals surface area (Å²) in [5, 5.41) is 23.5. The number of imide groups is 1. The summed E-state index contributed by atoms with van der Waals surface area (Å²) >= 11 is 0.705. The number of carbonyl (C=O) groups is 2. The Bertz CT molecular complexity index is 963. The van der Waals surface area contributed by atoms with E-state index in [1.807, 2.05) is 0 Å². The quantitative estimate of drug-likeness (QED) is 0.496. The first kappa shape index (κ1) is 16.4. The van der Waals surface area contributed by atoms with Gasteiger partial charge in [0.1, 0.15) is 11.5 Å². The number of hydrogen-bond donors (Lipinski definition) is 1. The molecule has 11 heteroatoms. The highest BCUT2D eigenvalue weighted by atomic mass is 32.2. The molecule has 1 aliphatic heterocycles. The minimum absolute atomic E-state index is 0.0554. The molecular formula is C14H7N3O7S. The molecule has 1 saturated heterocycles. The predicted octanol–water partition coefficient (Wildman–Crippen LogP) is 3.09. The lowest BCUT2D eigenvalue weighted by Crippen LogP contribution is -2.17. The van der Waals surface area contributed by atoms with Gasteiger partial charge in [-0.05, 0) is 30.0 Å². The van der Waals surface area contributed by atoms with Crippen LogP contribution in [0.15, 0.2) is 39.7 Å². The molecule has 0 saturated carbocycles. The molecule has 2 heterocycles. The van der Waals surface area contributed by atoms with E-state index in [4.69, 9.17) is 4.42 Å². The number of nitro groups is 2. The van der Waals surface area contributed by atoms with Crippen molar-refractivity contribution in [2.45, 2.75) is 0 Å². The van der Waals surface area contributed by atoms with E-state index in [0.717, 1.165) is 12.1 Å². The lowest BCUT2D eigenvalue weighted by molar-refractivity contribution is -0.393. The molecule has 0 atom stereocenters. The third-order valence-electron chi connectivity index (χ3n) is 3.20. The molecule has 0 radical (unpaired) electrons. The SMILES string of the molecule is O=C1NC(=O)/C(=C/c2ccc(-c3ccc([N+](=O)[O-])cc3[N+](=O)[O-])o2)S1. The lowest BCUT2D eigenvalue weighted by atomic mass is 10.1. The Morgan fingerprint density at radius 1 is 1.08 bits per heavy atom. The summed E-state index contributed by atoms with van der Waals surface area (Å²) in [6, 6.07) is 6.08. The maximum Gasteiger partial charge on any atom is 0.290 e. The maximum atomic E-state index is 11.5. The number of furan rings is 1. The number of rotatable bonds is 4. The van der Waals surface area contributed by atoms with Crippen molar-refractivity contribution in [1.82, 2.24) is 5.32 Å². The normalized spacial score (nSPS) is 15.4. The van der Waals surface area contributed by atoms with Gasteiger partial charge in [0.15, 0.2) is 0 Å². The molecule has 0 aliphatic carbocycles. The van der Waals surface area contributed by atoms with Crippen LogP contribution < -0.4 is 5.32 Å². The molecule has 1 fully saturated rings. The molecular weight excluding hydrogens is 354 g/mol. The third-order valence-corrected chi connectivity index (χ3v) is 4.01. The van der Waals surface area contributed by atoms with E-state index < -0.39 is 32.4 Å². The van der Waals surface area contributed by atoms with E-state index in [0.29, 0.717) is 11.8 Å². The average molecular weight is 361 g/mol. The molecule has 0 unspecified atom stereocenters. The van der Waals surface area contributed by atoms with E-state index in [1.54, 1.807) is 0 Å². The molecule has 3 rings (SSSR count). The molecule has 1 aromatic carbocycles. The number of non-ortho nitro benzene ring substituents is 1. The van der Waals surface area contributed by atoms with Crippen LogP contribution in [-0.4, -0.2) is 21.0 Å². The van der Waals surface area contributed by atoms with E-state index in [9.17, 15) is 29.8 Å². The third kappa shape index (κ3) is 3.26. The number of benzene rings is 1. The minimum Gasteiger partial charge on any atom is -0.456 e. The van der Waals surface area contributed by atoms with Crippen LogP contribution in [0.25, 0.3) is 17.4 Å². The van der Waals surface area contributed by atoms with Crippen LogP contribution in [0.3, 0.4) is 0 Å². The molecule has 1 N–H and O–H groups in total. The summed E-state index contributed by atoms with van der Waals surface area (Å²) < 4.78 is 5.45. The molecule has 10 nitrogen and oxygen atoms in total. The lowest BCUT2D eigenvalue weighted by Gasteiger charge is -2.00. The van der Waals surface area contributed by atoms with Gasteiger partial charge in [-0.1, -0.05) is 0 Å². The van der Waals surface area contributed by atoms with Crippen molar-refractivity contribution >= 4 is 40.4 Å². The molecule has 0 bridgehead atoms. The fourth-order valence-electron chi connectivity index (χ4n) is 2.12. The van der Waals surface area contributed by atoms with Gasteiger partial charge in [0, 0.05) is 12.1 Å². The van der Waals surface area contributed by atoms with Crippen LogP contribution in [0.5, 0.6) is 0 Å². The van der Waals surface area contributed by atoms with Crippen LogP contribution in [0.2, 0.25) is 0 Å². The molecule has 1 aliphatic rings. The highest BCUT2D eigenvalue weighted by molar-refractivity contribution is 8.18. The Morgan fingerprint density at radius 3 is 2.44 bits per heavy atom. The van der Waals surface area contributed by atoms with Crippen molar-refractivity contribution in [3.8, 4) is 11.3 Å². The molecule has 2 amide bonds. The molecule has 2 aromatic rings. The highest BCUT2D eigenvalue weighted by Gasteiger charge is 2.26. The average Bonchev–Trinajstić information content (AvgIpc) is 3.13. The Morgan fingerprint density at radius 2 is 1.84 bits per heavy atom. The topological polar surface area (TPSA) is 146 Å². The van der Waals surface area contributed by atoms with Crippen molar-refractivity contribution in [1.29, 1.82) is 0 Å². The largest absolute Gasteiger partial charge is 0.456 e. The second kappa shape index (κ2) is 6.20. The number of nitro benzene ring substituents is 2. The zero-order chi connectivity index (χ0) is 18.1. The first-order chi connectivity index (χ1) is 11.8. The van der Waals surface area contributed by atoms with Crippen molar-refractivity contribution in [2.24, 2.45) is 0 Å². The van der Waals surface area contributed by atoms with Gasteiger partial charge in [-0.25, -0.2) is 0 Å².